The number of carbonyl (C=O) groups excluding carboxylic acids is 4. The second kappa shape index (κ2) is 50.3. The maximum atomic E-state index is 14.8. The van der Waals surface area contributed by atoms with Crippen LogP contribution in [0, 0.1) is 23.3 Å². The Labute approximate surface area is 610 Å². The topological polar surface area (TPSA) is 488 Å². The Bertz CT molecular complexity index is 3450. The first-order valence-electron chi connectivity index (χ1n) is 32.7. The molecule has 4 aromatic rings. The van der Waals surface area contributed by atoms with Crippen molar-refractivity contribution < 1.29 is 130 Å². The van der Waals surface area contributed by atoms with E-state index in [1.54, 1.807) is 0 Å². The zero-order valence-electron chi connectivity index (χ0n) is 58.5. The van der Waals surface area contributed by atoms with Gasteiger partial charge in [-0.25, -0.2) is 43.8 Å². The van der Waals surface area contributed by atoms with E-state index >= 15 is 0 Å². The second-order valence-electron chi connectivity index (χ2n) is 21.9. The molecule has 4 rings (SSSR count). The largest absolute Gasteiger partial charge is 0.451 e. The number of ether oxygens (including phenoxy) is 14. The third kappa shape index (κ3) is 36.4. The number of guanidine groups is 2. The monoisotopic (exact) mass is 1550 g/mol. The molecule has 2 atom stereocenters. The number of primary amides is 1. The van der Waals surface area contributed by atoms with Gasteiger partial charge in [-0.15, -0.1) is 0 Å². The van der Waals surface area contributed by atoms with Crippen LogP contribution in [0.2, 0.25) is 0 Å². The number of halogens is 4. The summed E-state index contributed by atoms with van der Waals surface area (Å²) in [5.74, 6) is -10.7. The number of carbonyl (C=O) groups is 4. The first-order valence-corrected chi connectivity index (χ1v) is 35.7. The summed E-state index contributed by atoms with van der Waals surface area (Å²) in [5.41, 5.74) is 25.9. The fourth-order valence-electron chi connectivity index (χ4n) is 8.39. The van der Waals surface area contributed by atoms with Gasteiger partial charge in [0.05, 0.1) is 168 Å². The van der Waals surface area contributed by atoms with Crippen LogP contribution in [-0.4, -0.2) is 264 Å². The van der Waals surface area contributed by atoms with Crippen molar-refractivity contribution in [2.45, 2.75) is 35.8 Å². The third-order valence-corrected chi connectivity index (χ3v) is 16.6. The molecule has 0 saturated heterocycles. The summed E-state index contributed by atoms with van der Waals surface area (Å²) in [6.07, 6.45) is -1.86. The summed E-state index contributed by atoms with van der Waals surface area (Å²) >= 11 is 0. The molecule has 0 aromatic heterocycles. The van der Waals surface area contributed by atoms with Gasteiger partial charge < -0.3 is 110 Å². The number of benzene rings is 4. The molecular weight excluding hydrogens is 1460 g/mol. The van der Waals surface area contributed by atoms with Crippen molar-refractivity contribution in [1.82, 2.24) is 14.3 Å². The second-order valence-corrected chi connectivity index (χ2v) is 25.4. The van der Waals surface area contributed by atoms with E-state index in [2.05, 4.69) is 19.4 Å². The van der Waals surface area contributed by atoms with Crippen LogP contribution in [0.5, 0.6) is 23.0 Å². The molecule has 34 nitrogen and oxygen atoms in total. The summed E-state index contributed by atoms with van der Waals surface area (Å²) in [6.45, 7) is 7.45. The zero-order chi connectivity index (χ0) is 77.7. The molecule has 14 N–H and O–H groups in total. The molecule has 2 unspecified atom stereocenters. The Morgan fingerprint density at radius 3 is 0.934 bits per heavy atom. The van der Waals surface area contributed by atoms with Gasteiger partial charge in [0.15, 0.2) is 58.9 Å². The van der Waals surface area contributed by atoms with Crippen molar-refractivity contribution >= 4 is 67.7 Å². The van der Waals surface area contributed by atoms with E-state index in [-0.39, 0.29) is 228 Å². The lowest BCUT2D eigenvalue weighted by Crippen LogP contribution is -2.51. The highest BCUT2D eigenvalue weighted by atomic mass is 32.2. The van der Waals surface area contributed by atoms with Gasteiger partial charge in [-0.2, -0.15) is 9.98 Å². The van der Waals surface area contributed by atoms with Crippen LogP contribution < -0.4 is 47.6 Å². The van der Waals surface area contributed by atoms with E-state index in [9.17, 15) is 63.8 Å². The van der Waals surface area contributed by atoms with Crippen molar-refractivity contribution in [3.05, 3.63) is 118 Å². The lowest BCUT2D eigenvalue weighted by molar-refractivity contribution is -0.153. The number of rotatable bonds is 57. The molecule has 0 bridgehead atoms. The summed E-state index contributed by atoms with van der Waals surface area (Å²) in [5, 5.41) is 20.2. The zero-order valence-corrected chi connectivity index (χ0v) is 60.1. The van der Waals surface area contributed by atoms with E-state index < -0.39 is 103 Å². The molecular formula is C66H92F4N10O24S2. The Hall–Kier alpha value is -8.24. The van der Waals surface area contributed by atoms with Crippen LogP contribution in [0.25, 0.3) is 12.2 Å². The summed E-state index contributed by atoms with van der Waals surface area (Å²) in [7, 11) is -7.94. The highest BCUT2D eigenvalue weighted by Crippen LogP contribution is 2.32. The van der Waals surface area contributed by atoms with Gasteiger partial charge in [0.1, 0.15) is 11.5 Å². The Morgan fingerprint density at radius 2 is 0.679 bits per heavy atom. The Morgan fingerprint density at radius 1 is 0.425 bits per heavy atom. The van der Waals surface area contributed by atoms with E-state index in [0.29, 0.717) is 0 Å². The SMILES string of the molecule is C/C(=C\c1cc(F)c(Oc2ccc(S(=O)(=O)NCCOCCOCCOCCOCCOCCOCCN(CCOCCOCCOCCOCCOCCOCCNS(=O)(=O)c3ccc(Oc4c(F)cc(/C=C(\C)C(=O)N=C(N)N)cc4F)cc3)C(=O)C(O)C(O)C(N)=O)cc2)c(F)c1)C(=O)N=C(N)N. The number of nitrogens with one attached hydrogen (secondary N) is 2. The maximum absolute atomic E-state index is 14.8. The Kier molecular flexibility index (Phi) is 42.8. The van der Waals surface area contributed by atoms with E-state index in [0.717, 1.165) is 29.2 Å². The van der Waals surface area contributed by atoms with Crippen LogP contribution >= 0.6 is 0 Å². The normalized spacial score (nSPS) is 12.6. The number of amides is 4. The number of aliphatic hydroxyl groups excluding tert-OH is 2. The summed E-state index contributed by atoms with van der Waals surface area (Å²) < 4.78 is 192. The van der Waals surface area contributed by atoms with Crippen molar-refractivity contribution in [2.24, 2.45) is 38.7 Å². The number of hydrogen-bond acceptors (Lipinski definition) is 24. The molecule has 0 aliphatic carbocycles. The van der Waals surface area contributed by atoms with Gasteiger partial charge in [-0.3, -0.25) is 19.2 Å². The molecule has 106 heavy (non-hydrogen) atoms. The lowest BCUT2D eigenvalue weighted by atomic mass is 10.1. The summed E-state index contributed by atoms with van der Waals surface area (Å²) in [4.78, 5) is 55.9. The molecule has 0 saturated carbocycles. The van der Waals surface area contributed by atoms with Crippen LogP contribution in [0.1, 0.15) is 25.0 Å². The molecule has 4 aromatic carbocycles. The molecule has 0 heterocycles. The van der Waals surface area contributed by atoms with Crippen molar-refractivity contribution in [1.29, 1.82) is 0 Å². The van der Waals surface area contributed by atoms with E-state index in [1.807, 2.05) is 0 Å². The van der Waals surface area contributed by atoms with Crippen LogP contribution in [0.4, 0.5) is 17.6 Å². The van der Waals surface area contributed by atoms with E-state index in [4.69, 9.17) is 95.0 Å². The van der Waals surface area contributed by atoms with Crippen LogP contribution in [-0.2, 0) is 96.1 Å². The fraction of sp³-hybridized carbons (Fsp3) is 0.485. The number of aliphatic imine (C=N–C) groups is 2. The van der Waals surface area contributed by atoms with Gasteiger partial charge in [-0.1, -0.05) is 0 Å². The predicted molar refractivity (Wildman–Crippen MR) is 373 cm³/mol. The molecule has 0 radical (unpaired) electrons. The molecule has 0 aliphatic heterocycles. The van der Waals surface area contributed by atoms with Gasteiger partial charge in [-0.05, 0) is 110 Å². The van der Waals surface area contributed by atoms with Crippen molar-refractivity contribution in [3.8, 4) is 23.0 Å². The van der Waals surface area contributed by atoms with Crippen molar-refractivity contribution in [2.75, 3.05) is 185 Å². The molecule has 0 fully saturated rings. The van der Waals surface area contributed by atoms with Gasteiger partial charge in [0.25, 0.3) is 17.7 Å². The van der Waals surface area contributed by atoms with Crippen LogP contribution in [0.3, 0.4) is 0 Å². The standard InChI is InChI=1S/C66H92F4N10O24S2/c1-45(62(84)78-65(72)73)39-47-41-53(67)59(54(68)42-47)103-49-3-7-51(8-4-49)105(87,88)76-11-15-91-19-23-95-27-31-99-35-37-101-33-29-97-25-21-93-17-13-80(64(86)58(82)57(81)61(71)83)14-18-94-22-26-98-30-34-102-38-36-100-32-28-96-24-20-92-16-12-77-106(89,90)52-9-5-50(6-10-52)104-60-55(69)43-48(44-56(60)70)40-46(2)63(85)79-66(74)75/h3-10,39-44,57-58,76-77,81-82H,11-38H2,1-2H3,(H2,71,83)(H4,72,73,78,84)(H4,74,75,79,85)/b45-39+,46-40+. The highest BCUT2D eigenvalue weighted by Gasteiger charge is 2.32. The van der Waals surface area contributed by atoms with Crippen molar-refractivity contribution in [3.63, 3.8) is 0 Å². The minimum absolute atomic E-state index is 0.00286. The predicted octanol–water partition coefficient (Wildman–Crippen LogP) is 0.726. The molecule has 40 heteroatoms. The number of nitrogens with two attached hydrogens (primary N) is 5. The fourth-order valence-corrected chi connectivity index (χ4v) is 10.4. The Balaban J connectivity index is 0.917. The number of aliphatic hydroxyl groups is 2. The number of sulfonamides is 2. The van der Waals surface area contributed by atoms with Gasteiger partial charge in [0, 0.05) is 37.3 Å². The van der Waals surface area contributed by atoms with Gasteiger partial charge in [0.2, 0.25) is 26.0 Å². The number of hydrogen-bond donors (Lipinski definition) is 9. The maximum Gasteiger partial charge on any atom is 0.275 e. The minimum atomic E-state index is -3.97. The highest BCUT2D eigenvalue weighted by molar-refractivity contribution is 7.89. The molecule has 0 spiro atoms. The molecule has 4 amide bonds. The third-order valence-electron chi connectivity index (χ3n) is 13.6. The number of nitrogens with zero attached hydrogens (tertiary/aromatic N) is 3. The molecule has 0 aliphatic rings. The lowest BCUT2D eigenvalue weighted by Gasteiger charge is -2.26. The van der Waals surface area contributed by atoms with E-state index in [1.165, 1.54) is 74.5 Å². The first kappa shape index (κ1) is 90.2. The minimum Gasteiger partial charge on any atom is -0.451 e. The van der Waals surface area contributed by atoms with Gasteiger partial charge >= 0.3 is 0 Å². The quantitative estimate of drug-likeness (QED) is 0.00967. The molecule has 590 valence electrons. The average Bonchev–Trinajstić information content (AvgIpc) is 0.821. The average molecular weight is 1550 g/mol. The van der Waals surface area contributed by atoms with Crippen LogP contribution in [0.15, 0.2) is 104 Å². The summed E-state index contributed by atoms with van der Waals surface area (Å²) in [6, 6.07) is 13.4. The first-order chi connectivity index (χ1) is 50.7. The smallest absolute Gasteiger partial charge is 0.275 e.